The molecule has 1 aromatic heterocycles. The highest BCUT2D eigenvalue weighted by Crippen LogP contribution is 2.19. The molecule has 0 aliphatic carbocycles. The zero-order valence-electron chi connectivity index (χ0n) is 18.4. The third-order valence-corrected chi connectivity index (χ3v) is 5.30. The first-order valence-corrected chi connectivity index (χ1v) is 10.9. The monoisotopic (exact) mass is 414 g/mol. The number of fused-ring (bicyclic) bond motifs is 1. The number of aliphatic imine (C=N–C) groups is 1. The summed E-state index contributed by atoms with van der Waals surface area (Å²) < 4.78 is 8.87. The molecule has 0 spiro atoms. The average Bonchev–Trinajstić information content (AvgIpc) is 3.07. The van der Waals surface area contributed by atoms with Crippen LogP contribution in [0.1, 0.15) is 43.1 Å². The Labute approximate surface area is 178 Å². The third kappa shape index (κ3) is 5.64. The Morgan fingerprint density at radius 1 is 1.30 bits per heavy atom. The normalized spacial score (nSPS) is 13.8. The van der Waals surface area contributed by atoms with Gasteiger partial charge in [0.1, 0.15) is 11.6 Å². The third-order valence-electron chi connectivity index (χ3n) is 5.30. The molecule has 1 aliphatic rings. The number of hydrogen-bond donors (Lipinski definition) is 2. The summed E-state index contributed by atoms with van der Waals surface area (Å²) in [6.07, 6.45) is 4.71. The van der Waals surface area contributed by atoms with Gasteiger partial charge in [0.05, 0.1) is 7.11 Å². The van der Waals surface area contributed by atoms with Crippen molar-refractivity contribution >= 4 is 5.96 Å². The minimum absolute atomic E-state index is 0.0193. The van der Waals surface area contributed by atoms with Gasteiger partial charge in [-0.2, -0.15) is 5.10 Å². The molecule has 0 fully saturated rings. The van der Waals surface area contributed by atoms with E-state index in [-0.39, 0.29) is 5.69 Å². The zero-order chi connectivity index (χ0) is 21.3. The van der Waals surface area contributed by atoms with Crippen molar-refractivity contribution in [3.8, 4) is 5.75 Å². The lowest BCUT2D eigenvalue weighted by Gasteiger charge is -2.13. The molecule has 0 unspecified atom stereocenters. The van der Waals surface area contributed by atoms with Crippen molar-refractivity contribution in [2.24, 2.45) is 4.99 Å². The molecule has 164 valence electrons. The first-order chi connectivity index (χ1) is 14.6. The van der Waals surface area contributed by atoms with Crippen molar-refractivity contribution in [1.82, 2.24) is 25.0 Å². The maximum Gasteiger partial charge on any atom is 0.345 e. The van der Waals surface area contributed by atoms with Gasteiger partial charge in [0, 0.05) is 39.1 Å². The molecule has 0 saturated carbocycles. The summed E-state index contributed by atoms with van der Waals surface area (Å²) in [6, 6.07) is 6.23. The predicted octanol–water partition coefficient (Wildman–Crippen LogP) is 1.89. The van der Waals surface area contributed by atoms with Crippen molar-refractivity contribution < 1.29 is 4.74 Å². The maximum absolute atomic E-state index is 12.4. The number of guanidine groups is 1. The van der Waals surface area contributed by atoms with Gasteiger partial charge in [0.25, 0.3) is 0 Å². The maximum atomic E-state index is 12.4. The van der Waals surface area contributed by atoms with Crippen LogP contribution < -0.4 is 21.1 Å². The number of hydrogen-bond acceptors (Lipinski definition) is 4. The van der Waals surface area contributed by atoms with Crippen LogP contribution in [0.25, 0.3) is 0 Å². The van der Waals surface area contributed by atoms with Gasteiger partial charge in [0.2, 0.25) is 0 Å². The van der Waals surface area contributed by atoms with Gasteiger partial charge < -0.3 is 15.4 Å². The average molecular weight is 415 g/mol. The Kier molecular flexibility index (Phi) is 7.93. The van der Waals surface area contributed by atoms with Gasteiger partial charge in [-0.3, -0.25) is 9.56 Å². The molecule has 0 radical (unpaired) electrons. The number of benzene rings is 1. The van der Waals surface area contributed by atoms with E-state index in [9.17, 15) is 4.79 Å². The summed E-state index contributed by atoms with van der Waals surface area (Å²) in [5.41, 5.74) is 2.43. The van der Waals surface area contributed by atoms with Crippen LogP contribution in [0, 0.1) is 6.92 Å². The van der Waals surface area contributed by atoms with Crippen LogP contribution in [0.2, 0.25) is 0 Å². The van der Waals surface area contributed by atoms with Crippen molar-refractivity contribution in [2.75, 3.05) is 26.7 Å². The van der Waals surface area contributed by atoms with Gasteiger partial charge in [-0.1, -0.05) is 17.7 Å². The quantitative estimate of drug-likeness (QED) is 0.372. The second-order valence-corrected chi connectivity index (χ2v) is 7.64. The molecule has 0 amide bonds. The Balaban J connectivity index is 1.49. The zero-order valence-corrected chi connectivity index (χ0v) is 18.4. The fourth-order valence-corrected chi connectivity index (χ4v) is 3.77. The first-order valence-electron chi connectivity index (χ1n) is 10.9. The molecule has 1 aliphatic heterocycles. The van der Waals surface area contributed by atoms with Gasteiger partial charge in [-0.25, -0.2) is 9.48 Å². The second-order valence-electron chi connectivity index (χ2n) is 7.64. The first kappa shape index (κ1) is 21.9. The minimum atomic E-state index is 0.0193. The molecule has 1 aromatic carbocycles. The van der Waals surface area contributed by atoms with E-state index >= 15 is 0 Å². The Morgan fingerprint density at radius 3 is 2.93 bits per heavy atom. The molecule has 0 saturated heterocycles. The Morgan fingerprint density at radius 2 is 2.17 bits per heavy atom. The van der Waals surface area contributed by atoms with Crippen molar-refractivity contribution in [3.05, 3.63) is 45.6 Å². The van der Waals surface area contributed by atoms with Crippen LogP contribution in [-0.2, 0) is 25.9 Å². The smallest absolute Gasteiger partial charge is 0.345 e. The summed E-state index contributed by atoms with van der Waals surface area (Å²) in [4.78, 5) is 17.0. The van der Waals surface area contributed by atoms with E-state index in [2.05, 4.69) is 46.7 Å². The molecular weight excluding hydrogens is 380 g/mol. The lowest BCUT2D eigenvalue weighted by molar-refractivity contribution is 0.409. The van der Waals surface area contributed by atoms with E-state index in [1.807, 2.05) is 10.6 Å². The second kappa shape index (κ2) is 10.8. The predicted molar refractivity (Wildman–Crippen MR) is 119 cm³/mol. The number of nitrogens with one attached hydrogen (secondary N) is 2. The number of nitrogens with zero attached hydrogens (tertiary/aromatic N) is 4. The molecule has 8 nitrogen and oxygen atoms in total. The van der Waals surface area contributed by atoms with Gasteiger partial charge >= 0.3 is 5.69 Å². The standard InChI is InChI=1S/C22H34N6O2/c1-4-23-21(25-13-11-18-16-17(2)9-10-19(18)30-3)24-12-7-15-28-22(29)27-14-6-5-8-20(27)26-28/h9-10,16H,4-8,11-15H2,1-3H3,(H2,23,24,25). The van der Waals surface area contributed by atoms with E-state index in [1.165, 1.54) is 11.1 Å². The summed E-state index contributed by atoms with van der Waals surface area (Å²) in [5, 5.41) is 11.1. The molecule has 8 heteroatoms. The highest BCUT2D eigenvalue weighted by molar-refractivity contribution is 5.79. The highest BCUT2D eigenvalue weighted by atomic mass is 16.5. The summed E-state index contributed by atoms with van der Waals surface area (Å²) in [7, 11) is 1.70. The van der Waals surface area contributed by atoms with Gasteiger partial charge in [-0.05, 0) is 51.2 Å². The number of methoxy groups -OCH3 is 1. The van der Waals surface area contributed by atoms with Gasteiger partial charge in [0.15, 0.2) is 5.96 Å². The molecule has 30 heavy (non-hydrogen) atoms. The van der Waals surface area contributed by atoms with Crippen LogP contribution in [0.5, 0.6) is 5.75 Å². The Bertz CT molecular complexity index is 915. The van der Waals surface area contributed by atoms with Crippen LogP contribution in [0.4, 0.5) is 0 Å². The molecule has 2 aromatic rings. The van der Waals surface area contributed by atoms with Crippen LogP contribution >= 0.6 is 0 Å². The largest absolute Gasteiger partial charge is 0.496 e. The molecule has 3 rings (SSSR count). The van der Waals surface area contributed by atoms with E-state index in [4.69, 9.17) is 4.74 Å². The summed E-state index contributed by atoms with van der Waals surface area (Å²) in [5.74, 6) is 2.63. The molecular formula is C22H34N6O2. The molecule has 0 bridgehead atoms. The minimum Gasteiger partial charge on any atom is -0.496 e. The van der Waals surface area contributed by atoms with Crippen molar-refractivity contribution in [3.63, 3.8) is 0 Å². The van der Waals surface area contributed by atoms with E-state index in [0.717, 1.165) is 69.3 Å². The summed E-state index contributed by atoms with van der Waals surface area (Å²) in [6.45, 7) is 7.73. The Hall–Kier alpha value is -2.77. The topological polar surface area (TPSA) is 85.5 Å². The van der Waals surface area contributed by atoms with E-state index in [0.29, 0.717) is 13.1 Å². The number of rotatable bonds is 9. The number of ether oxygens (including phenoxy) is 1. The SMILES string of the molecule is CCNC(=NCCCn1nc2n(c1=O)CCCC2)NCCc1cc(C)ccc1OC. The van der Waals surface area contributed by atoms with Crippen molar-refractivity contribution in [1.29, 1.82) is 0 Å². The molecule has 2 heterocycles. The van der Waals surface area contributed by atoms with E-state index < -0.39 is 0 Å². The van der Waals surface area contributed by atoms with Crippen LogP contribution in [0.15, 0.2) is 28.0 Å². The lowest BCUT2D eigenvalue weighted by atomic mass is 10.1. The van der Waals surface area contributed by atoms with E-state index in [1.54, 1.807) is 11.8 Å². The van der Waals surface area contributed by atoms with Crippen molar-refractivity contribution in [2.45, 2.75) is 59.0 Å². The highest BCUT2D eigenvalue weighted by Gasteiger charge is 2.16. The number of aryl methyl sites for hydroxylation is 3. The lowest BCUT2D eigenvalue weighted by Crippen LogP contribution is -2.38. The van der Waals surface area contributed by atoms with Crippen LogP contribution in [0.3, 0.4) is 0 Å². The number of aromatic nitrogens is 3. The summed E-state index contributed by atoms with van der Waals surface area (Å²) >= 11 is 0. The fraction of sp³-hybridized carbons (Fsp3) is 0.591. The fourth-order valence-electron chi connectivity index (χ4n) is 3.77. The van der Waals surface area contributed by atoms with Crippen LogP contribution in [-0.4, -0.2) is 47.1 Å². The molecule has 0 atom stereocenters. The van der Waals surface area contributed by atoms with Gasteiger partial charge in [-0.15, -0.1) is 0 Å². The molecule has 2 N–H and O–H groups in total.